The van der Waals surface area contributed by atoms with E-state index >= 15 is 0 Å². The van der Waals surface area contributed by atoms with Gasteiger partial charge in [0.25, 0.3) is 5.91 Å². The van der Waals surface area contributed by atoms with Gasteiger partial charge < -0.3 is 19.6 Å². The molecule has 0 unspecified atom stereocenters. The van der Waals surface area contributed by atoms with E-state index in [4.69, 9.17) is 14.3 Å². The summed E-state index contributed by atoms with van der Waals surface area (Å²) in [5.41, 5.74) is 1.22. The molecule has 1 amide bonds. The van der Waals surface area contributed by atoms with Gasteiger partial charge in [-0.25, -0.2) is 4.39 Å². The molecule has 2 aromatic rings. The zero-order valence-electron chi connectivity index (χ0n) is 14.0. The third-order valence-corrected chi connectivity index (χ3v) is 3.09. The highest BCUT2D eigenvalue weighted by Gasteiger charge is 2.05. The summed E-state index contributed by atoms with van der Waals surface area (Å²) in [6.45, 7) is 2.16. The monoisotopic (exact) mass is 346 g/mol. The fourth-order valence-corrected chi connectivity index (χ4v) is 1.96. The first-order chi connectivity index (χ1) is 12.1. The van der Waals surface area contributed by atoms with E-state index in [-0.39, 0.29) is 12.4 Å². The number of carbonyl (C=O) groups excluding carboxylic acids is 1. The van der Waals surface area contributed by atoms with Crippen LogP contribution in [0.1, 0.15) is 12.5 Å². The molecule has 0 aliphatic carbocycles. The molecular formula is C18H19FN2O4. The van der Waals surface area contributed by atoms with Crippen LogP contribution in [0.4, 0.5) is 10.1 Å². The molecule has 0 atom stereocenters. The van der Waals surface area contributed by atoms with Crippen molar-refractivity contribution in [3.8, 4) is 11.5 Å². The van der Waals surface area contributed by atoms with Gasteiger partial charge in [-0.05, 0) is 49.4 Å². The van der Waals surface area contributed by atoms with E-state index in [1.54, 1.807) is 25.3 Å². The molecule has 0 aliphatic rings. The number of nitrogens with one attached hydrogen (secondary N) is 1. The molecule has 0 saturated heterocycles. The lowest BCUT2D eigenvalue weighted by Crippen LogP contribution is -2.16. The second-order valence-electron chi connectivity index (χ2n) is 4.91. The molecule has 0 bridgehead atoms. The molecule has 25 heavy (non-hydrogen) atoms. The number of benzene rings is 2. The van der Waals surface area contributed by atoms with Crippen molar-refractivity contribution < 1.29 is 23.5 Å². The van der Waals surface area contributed by atoms with Crippen LogP contribution in [-0.4, -0.2) is 32.4 Å². The van der Waals surface area contributed by atoms with Crippen LogP contribution in [0.5, 0.6) is 11.5 Å². The van der Waals surface area contributed by atoms with Crippen molar-refractivity contribution in [2.75, 3.05) is 25.6 Å². The summed E-state index contributed by atoms with van der Waals surface area (Å²) < 4.78 is 23.4. The molecular weight excluding hydrogens is 327 g/mol. The lowest BCUT2D eigenvalue weighted by molar-refractivity contribution is -0.120. The number of hydrogen-bond acceptors (Lipinski definition) is 5. The molecule has 0 saturated carbocycles. The minimum atomic E-state index is -0.395. The highest BCUT2D eigenvalue weighted by molar-refractivity contribution is 5.91. The SMILES string of the molecule is CCOc1ccc(/C=N\OCC(=O)Nc2ccc(F)cc2)cc1OC. The third kappa shape index (κ3) is 5.80. The minimum Gasteiger partial charge on any atom is -0.493 e. The summed E-state index contributed by atoms with van der Waals surface area (Å²) in [4.78, 5) is 16.6. The maximum absolute atomic E-state index is 12.8. The largest absolute Gasteiger partial charge is 0.493 e. The summed E-state index contributed by atoms with van der Waals surface area (Å²) in [7, 11) is 1.55. The van der Waals surface area contributed by atoms with Gasteiger partial charge in [-0.3, -0.25) is 4.79 Å². The van der Waals surface area contributed by atoms with Crippen LogP contribution in [0.3, 0.4) is 0 Å². The Morgan fingerprint density at radius 3 is 2.64 bits per heavy atom. The molecule has 6 nitrogen and oxygen atoms in total. The second kappa shape index (κ2) is 9.27. The molecule has 0 aromatic heterocycles. The van der Waals surface area contributed by atoms with Gasteiger partial charge >= 0.3 is 0 Å². The van der Waals surface area contributed by atoms with Crippen LogP contribution in [0.2, 0.25) is 0 Å². The first-order valence-electron chi connectivity index (χ1n) is 7.64. The first-order valence-corrected chi connectivity index (χ1v) is 7.64. The molecule has 0 radical (unpaired) electrons. The minimum absolute atomic E-state index is 0.262. The summed E-state index contributed by atoms with van der Waals surface area (Å²) in [6, 6.07) is 10.7. The number of rotatable bonds is 8. The Balaban J connectivity index is 1.84. The van der Waals surface area contributed by atoms with Crippen LogP contribution in [0.25, 0.3) is 0 Å². The van der Waals surface area contributed by atoms with Gasteiger partial charge in [0.1, 0.15) is 5.82 Å². The molecule has 1 N–H and O–H groups in total. The summed E-state index contributed by atoms with van der Waals surface area (Å²) in [5.74, 6) is 0.458. The van der Waals surface area contributed by atoms with Crippen molar-refractivity contribution in [1.82, 2.24) is 0 Å². The number of carbonyl (C=O) groups is 1. The van der Waals surface area contributed by atoms with Crippen molar-refractivity contribution in [2.45, 2.75) is 6.92 Å². The first kappa shape index (κ1) is 18.3. The fourth-order valence-electron chi connectivity index (χ4n) is 1.96. The normalized spacial score (nSPS) is 10.5. The van der Waals surface area contributed by atoms with Gasteiger partial charge in [-0.2, -0.15) is 0 Å². The molecule has 2 rings (SSSR count). The number of methoxy groups -OCH3 is 1. The number of hydrogen-bond donors (Lipinski definition) is 1. The van der Waals surface area contributed by atoms with E-state index in [0.717, 1.165) is 5.56 Å². The maximum Gasteiger partial charge on any atom is 0.265 e. The van der Waals surface area contributed by atoms with E-state index in [0.29, 0.717) is 23.8 Å². The Morgan fingerprint density at radius 1 is 1.20 bits per heavy atom. The predicted molar refractivity (Wildman–Crippen MR) is 92.7 cm³/mol. The highest BCUT2D eigenvalue weighted by Crippen LogP contribution is 2.27. The Bertz CT molecular complexity index is 732. The molecule has 0 spiro atoms. The highest BCUT2D eigenvalue weighted by atomic mass is 19.1. The number of amides is 1. The Hall–Kier alpha value is -3.09. The molecule has 0 fully saturated rings. The van der Waals surface area contributed by atoms with Gasteiger partial charge in [-0.15, -0.1) is 0 Å². The van der Waals surface area contributed by atoms with Crippen LogP contribution < -0.4 is 14.8 Å². The second-order valence-corrected chi connectivity index (χ2v) is 4.91. The molecule has 0 aliphatic heterocycles. The van der Waals surface area contributed by atoms with Crippen LogP contribution in [-0.2, 0) is 9.63 Å². The smallest absolute Gasteiger partial charge is 0.265 e. The summed E-state index contributed by atoms with van der Waals surface area (Å²) in [5, 5.41) is 6.31. The van der Waals surface area contributed by atoms with E-state index < -0.39 is 5.91 Å². The fraction of sp³-hybridized carbons (Fsp3) is 0.222. The molecule has 0 heterocycles. The number of oxime groups is 1. The van der Waals surface area contributed by atoms with Crippen LogP contribution in [0.15, 0.2) is 47.6 Å². The molecule has 2 aromatic carbocycles. The van der Waals surface area contributed by atoms with Crippen LogP contribution in [0, 0.1) is 5.82 Å². The Kier molecular flexibility index (Phi) is 6.76. The number of anilines is 1. The summed E-state index contributed by atoms with van der Waals surface area (Å²) in [6.07, 6.45) is 1.46. The van der Waals surface area contributed by atoms with E-state index in [1.807, 2.05) is 6.92 Å². The van der Waals surface area contributed by atoms with Crippen molar-refractivity contribution in [3.05, 3.63) is 53.8 Å². The van der Waals surface area contributed by atoms with Gasteiger partial charge in [0.05, 0.1) is 19.9 Å². The zero-order valence-corrected chi connectivity index (χ0v) is 14.0. The van der Waals surface area contributed by atoms with Gasteiger partial charge in [-0.1, -0.05) is 5.16 Å². The van der Waals surface area contributed by atoms with Crippen molar-refractivity contribution in [3.63, 3.8) is 0 Å². The summed E-state index contributed by atoms with van der Waals surface area (Å²) >= 11 is 0. The van der Waals surface area contributed by atoms with Crippen molar-refractivity contribution in [1.29, 1.82) is 0 Å². The van der Waals surface area contributed by atoms with Crippen LogP contribution >= 0.6 is 0 Å². The van der Waals surface area contributed by atoms with E-state index in [2.05, 4.69) is 10.5 Å². The van der Waals surface area contributed by atoms with Gasteiger partial charge in [0.15, 0.2) is 18.1 Å². The lowest BCUT2D eigenvalue weighted by atomic mass is 10.2. The molecule has 7 heteroatoms. The average molecular weight is 346 g/mol. The zero-order chi connectivity index (χ0) is 18.1. The quantitative estimate of drug-likeness (QED) is 0.589. The molecule has 132 valence electrons. The van der Waals surface area contributed by atoms with Crippen molar-refractivity contribution in [2.24, 2.45) is 5.16 Å². The number of ether oxygens (including phenoxy) is 2. The van der Waals surface area contributed by atoms with E-state index in [9.17, 15) is 9.18 Å². The van der Waals surface area contributed by atoms with Gasteiger partial charge in [0, 0.05) is 11.3 Å². The Morgan fingerprint density at radius 2 is 1.96 bits per heavy atom. The lowest BCUT2D eigenvalue weighted by Gasteiger charge is -2.09. The third-order valence-electron chi connectivity index (χ3n) is 3.09. The van der Waals surface area contributed by atoms with Crippen molar-refractivity contribution >= 4 is 17.8 Å². The average Bonchev–Trinajstić information content (AvgIpc) is 2.62. The van der Waals surface area contributed by atoms with E-state index in [1.165, 1.54) is 30.5 Å². The Labute approximate surface area is 145 Å². The maximum atomic E-state index is 12.8. The standard InChI is InChI=1S/C18H19FN2O4/c1-3-24-16-9-4-13(10-17(16)23-2)11-20-25-12-18(22)21-15-7-5-14(19)6-8-15/h4-11H,3,12H2,1-2H3,(H,21,22)/b20-11-. The predicted octanol–water partition coefficient (Wildman–Crippen LogP) is 3.22. The number of halogens is 1. The van der Waals surface area contributed by atoms with Gasteiger partial charge in [0.2, 0.25) is 0 Å². The topological polar surface area (TPSA) is 69.2 Å². The number of nitrogens with zero attached hydrogens (tertiary/aromatic N) is 1.